The van der Waals surface area contributed by atoms with Crippen LogP contribution >= 0.6 is 0 Å². The first-order valence-electron chi connectivity index (χ1n) is 23.8. The number of Topliss-reactive ketones (excluding diaryl/α,β-unsaturated/α-hetero) is 1. The lowest BCUT2D eigenvalue weighted by molar-refractivity contribution is -0.256. The molecule has 19 nitrogen and oxygen atoms in total. The van der Waals surface area contributed by atoms with Crippen LogP contribution in [0.15, 0.2) is 72.8 Å². The Hall–Kier alpha value is -6.45. The van der Waals surface area contributed by atoms with Gasteiger partial charge in [-0.1, -0.05) is 66.7 Å². The molecule has 4 aromatic carbocycles. The third-order valence-corrected chi connectivity index (χ3v) is 14.5. The molecule has 9 rings (SSSR count). The minimum atomic E-state index is -2.42. The number of amides is 2. The summed E-state index contributed by atoms with van der Waals surface area (Å²) in [6, 6.07) is 21.7. The van der Waals surface area contributed by atoms with E-state index in [4.69, 9.17) is 37.9 Å². The first-order valence-corrected chi connectivity index (χ1v) is 23.8. The number of methoxy groups -OCH3 is 2. The fourth-order valence-electron chi connectivity index (χ4n) is 10.4. The Morgan fingerprint density at radius 2 is 1.53 bits per heavy atom. The molecular formula is C53H59N3O16. The topological polar surface area (TPSA) is 230 Å². The van der Waals surface area contributed by atoms with Gasteiger partial charge in [0.1, 0.15) is 34.6 Å². The van der Waals surface area contributed by atoms with Crippen molar-refractivity contribution >= 4 is 29.5 Å². The maximum Gasteiger partial charge on any atom is 0.410 e. The summed E-state index contributed by atoms with van der Waals surface area (Å²) in [5.41, 5.74) is -2.12. The third kappa shape index (κ3) is 9.18. The highest BCUT2D eigenvalue weighted by Gasteiger charge is 2.55. The van der Waals surface area contributed by atoms with E-state index in [9.17, 15) is 39.3 Å². The van der Waals surface area contributed by atoms with Gasteiger partial charge in [-0.25, -0.2) is 9.59 Å². The molecule has 8 unspecified atom stereocenters. The van der Waals surface area contributed by atoms with Crippen LogP contribution in [0.25, 0.3) is 11.1 Å². The molecule has 0 bridgehead atoms. The summed E-state index contributed by atoms with van der Waals surface area (Å²) < 4.78 is 47.3. The second-order valence-corrected chi connectivity index (χ2v) is 19.3. The quantitative estimate of drug-likeness (QED) is 0.124. The van der Waals surface area contributed by atoms with E-state index in [1.54, 1.807) is 20.8 Å². The Labute approximate surface area is 416 Å². The van der Waals surface area contributed by atoms with Gasteiger partial charge in [0.05, 0.1) is 42.6 Å². The van der Waals surface area contributed by atoms with E-state index >= 15 is 0 Å². The Kier molecular flexibility index (Phi) is 13.9. The average molecular weight is 994 g/mol. The van der Waals surface area contributed by atoms with Crippen LogP contribution < -0.4 is 4.74 Å². The van der Waals surface area contributed by atoms with Crippen LogP contribution in [-0.4, -0.2) is 163 Å². The Bertz CT molecular complexity index is 2770. The summed E-state index contributed by atoms with van der Waals surface area (Å²) in [6.07, 6.45) is -7.18. The Balaban J connectivity index is 0.903. The number of hydrogen-bond donors (Lipinski definition) is 3. The monoisotopic (exact) mass is 993 g/mol. The summed E-state index contributed by atoms with van der Waals surface area (Å²) in [5.74, 6) is -3.93. The number of aromatic hydroxyl groups is 2. The van der Waals surface area contributed by atoms with Crippen molar-refractivity contribution in [2.45, 2.75) is 94.4 Å². The average Bonchev–Trinajstić information content (AvgIpc) is 3.76. The highest BCUT2D eigenvalue weighted by Crippen LogP contribution is 2.53. The summed E-state index contributed by atoms with van der Waals surface area (Å²) in [6.45, 7) is 5.33. The van der Waals surface area contributed by atoms with Crippen molar-refractivity contribution in [3.05, 3.63) is 112 Å². The fraction of sp³-hybridized carbons (Fsp3) is 0.453. The van der Waals surface area contributed by atoms with Crippen molar-refractivity contribution in [1.82, 2.24) is 14.7 Å². The lowest BCUT2D eigenvalue weighted by Gasteiger charge is -2.43. The molecule has 4 aromatic rings. The number of hydrogen-bond acceptors (Lipinski definition) is 17. The van der Waals surface area contributed by atoms with E-state index in [2.05, 4.69) is 4.90 Å². The normalized spacial score (nSPS) is 25.5. The fourth-order valence-corrected chi connectivity index (χ4v) is 10.4. The molecule has 0 radical (unpaired) electrons. The molecular weight excluding hydrogens is 935 g/mol. The smallest absolute Gasteiger partial charge is 0.410 e. The molecule has 3 heterocycles. The zero-order valence-corrected chi connectivity index (χ0v) is 41.1. The van der Waals surface area contributed by atoms with Crippen molar-refractivity contribution in [3.8, 4) is 28.4 Å². The number of likely N-dealkylation sites (N-methyl/N-ethyl adjacent to an activating group) is 2. The molecule has 0 aromatic heterocycles. The van der Waals surface area contributed by atoms with Crippen molar-refractivity contribution in [2.24, 2.45) is 0 Å². The zero-order chi connectivity index (χ0) is 51.4. The first kappa shape index (κ1) is 50.5. The van der Waals surface area contributed by atoms with Gasteiger partial charge in [0.2, 0.25) is 11.6 Å². The van der Waals surface area contributed by atoms with E-state index in [0.717, 1.165) is 21.6 Å². The van der Waals surface area contributed by atoms with Crippen molar-refractivity contribution < 1.29 is 77.2 Å². The number of carbonyl (C=O) groups excluding carboxylic acids is 5. The van der Waals surface area contributed by atoms with Crippen molar-refractivity contribution in [2.75, 3.05) is 61.2 Å². The van der Waals surface area contributed by atoms with Gasteiger partial charge >= 0.3 is 12.2 Å². The zero-order valence-electron chi connectivity index (χ0n) is 41.1. The van der Waals surface area contributed by atoms with Crippen LogP contribution in [0.1, 0.15) is 88.3 Å². The second-order valence-electron chi connectivity index (χ2n) is 19.3. The largest absolute Gasteiger partial charge is 0.507 e. The van der Waals surface area contributed by atoms with Gasteiger partial charge in [0.25, 0.3) is 0 Å². The summed E-state index contributed by atoms with van der Waals surface area (Å²) >= 11 is 0. The standard InChI is InChI=1S/C53H59N3O16/c1-28-47-34(56-22-23-67-49(66-7)48(56)71-47)24-38(69-28)70-36-26-53(64,25-33-40(36)46(61)42-41(44(33)59)43(58)32-14-11-15-35(65-6)39(32)45(42)60)37(57)27-68-50(62)54(4)20-21-55(5)51(63)72-52(2,3)31-18-16-30(17-19-31)29-12-9-8-10-13-29/h8-19,28,34,36,38,47-49,59,61,64H,20-27H2,1-7H3. The van der Waals surface area contributed by atoms with Gasteiger partial charge in [-0.15, -0.1) is 0 Å². The molecule has 382 valence electrons. The number of fused-ring (bicyclic) bond motifs is 6. The molecule has 72 heavy (non-hydrogen) atoms. The molecule has 3 N–H and O–H groups in total. The number of benzene rings is 4. The maximum absolute atomic E-state index is 14.3. The van der Waals surface area contributed by atoms with Crippen LogP contribution in [-0.2, 0) is 50.0 Å². The van der Waals surface area contributed by atoms with Crippen molar-refractivity contribution in [3.63, 3.8) is 0 Å². The number of rotatable bonds is 13. The number of phenolic OH excluding ortho intramolecular Hbond substituents is 2. The number of morpholine rings is 1. The molecule has 8 atom stereocenters. The van der Waals surface area contributed by atoms with Gasteiger partial charge in [-0.3, -0.25) is 19.3 Å². The van der Waals surface area contributed by atoms with Gasteiger partial charge < -0.3 is 63.0 Å². The lowest BCUT2D eigenvalue weighted by Crippen LogP contribution is -2.55. The van der Waals surface area contributed by atoms with Crippen LogP contribution in [0.5, 0.6) is 17.2 Å². The molecule has 0 saturated carbocycles. The minimum absolute atomic E-state index is 0.0254. The molecule has 2 aliphatic carbocycles. The molecule has 3 aliphatic heterocycles. The van der Waals surface area contributed by atoms with E-state index in [1.807, 2.05) is 54.6 Å². The Morgan fingerprint density at radius 3 is 2.22 bits per heavy atom. The summed E-state index contributed by atoms with van der Waals surface area (Å²) in [4.78, 5) is 73.7. The van der Waals surface area contributed by atoms with Crippen LogP contribution in [0.3, 0.4) is 0 Å². The highest BCUT2D eigenvalue weighted by atomic mass is 16.7. The van der Waals surface area contributed by atoms with Crippen LogP contribution in [0.4, 0.5) is 9.59 Å². The Morgan fingerprint density at radius 1 is 0.847 bits per heavy atom. The van der Waals surface area contributed by atoms with E-state index in [0.29, 0.717) is 13.2 Å². The first-order chi connectivity index (χ1) is 34.3. The number of nitrogens with zero attached hydrogens (tertiary/aromatic N) is 3. The number of carbonyl (C=O) groups is 5. The summed E-state index contributed by atoms with van der Waals surface area (Å²) in [5, 5.41) is 36.5. The molecule has 0 spiro atoms. The van der Waals surface area contributed by atoms with Gasteiger partial charge in [-0.2, -0.15) is 0 Å². The van der Waals surface area contributed by atoms with Crippen LogP contribution in [0.2, 0.25) is 0 Å². The highest BCUT2D eigenvalue weighted by molar-refractivity contribution is 6.31. The third-order valence-electron chi connectivity index (χ3n) is 14.5. The van der Waals surface area contributed by atoms with E-state index in [-0.39, 0.29) is 53.6 Å². The number of phenols is 2. The predicted molar refractivity (Wildman–Crippen MR) is 255 cm³/mol. The minimum Gasteiger partial charge on any atom is -0.507 e. The molecule has 3 fully saturated rings. The second kappa shape index (κ2) is 19.9. The molecule has 3 saturated heterocycles. The van der Waals surface area contributed by atoms with Gasteiger partial charge in [0, 0.05) is 82.8 Å². The van der Waals surface area contributed by atoms with E-state index in [1.165, 1.54) is 51.4 Å². The maximum atomic E-state index is 14.3. The van der Waals surface area contributed by atoms with Gasteiger partial charge in [0.15, 0.2) is 31.2 Å². The SMILES string of the molecule is COc1cccc2c1C(=O)c1c(O)c3c(c(O)c1C2=O)CC(O)(C(=O)COC(=O)N(C)CCN(C)C(=O)OC(C)(C)c1ccc(-c2ccccc2)cc1)CC3OC1CC2C(OC3C(OC)OCCN23)C(C)O1. The van der Waals surface area contributed by atoms with Crippen LogP contribution in [0, 0.1) is 0 Å². The molecule has 19 heteroatoms. The number of aliphatic hydroxyl groups is 1. The lowest BCUT2D eigenvalue weighted by atomic mass is 9.72. The van der Waals surface area contributed by atoms with E-state index < -0.39 is 120 Å². The number of ether oxygens (including phenoxy) is 8. The van der Waals surface area contributed by atoms with Crippen molar-refractivity contribution in [1.29, 1.82) is 0 Å². The van der Waals surface area contributed by atoms with Gasteiger partial charge in [-0.05, 0) is 43.5 Å². The molecule has 2 amide bonds. The molecule has 5 aliphatic rings. The number of ketones is 3. The summed E-state index contributed by atoms with van der Waals surface area (Å²) in [7, 11) is 5.79. The predicted octanol–water partition coefficient (Wildman–Crippen LogP) is 5.46.